The monoisotopic (exact) mass is 602 g/mol. The van der Waals surface area contributed by atoms with Gasteiger partial charge in [0, 0.05) is 23.5 Å². The molecule has 0 spiro atoms. The van der Waals surface area contributed by atoms with E-state index in [-0.39, 0.29) is 5.82 Å². The van der Waals surface area contributed by atoms with Crippen LogP contribution in [0, 0.1) is 31.5 Å². The molecule has 5 aromatic carbocycles. The van der Waals surface area contributed by atoms with E-state index in [4.69, 9.17) is 0 Å². The Morgan fingerprint density at radius 2 is 1.24 bits per heavy atom. The van der Waals surface area contributed by atoms with Gasteiger partial charge in [0.1, 0.15) is 5.82 Å². The molecule has 0 fully saturated rings. The molecule has 0 saturated carbocycles. The van der Waals surface area contributed by atoms with Gasteiger partial charge in [-0.25, -0.2) is 14.4 Å². The first-order chi connectivity index (χ1) is 22.4. The van der Waals surface area contributed by atoms with Crippen molar-refractivity contribution < 1.29 is 4.39 Å². The zero-order chi connectivity index (χ0) is 31.9. The van der Waals surface area contributed by atoms with Crippen LogP contribution >= 0.6 is 0 Å². The van der Waals surface area contributed by atoms with E-state index in [1.165, 1.54) is 63.9 Å². The fourth-order valence-corrected chi connectivity index (χ4v) is 5.83. The lowest BCUT2D eigenvalue weighted by molar-refractivity contribution is 0.607. The Bertz CT molecular complexity index is 2010. The van der Waals surface area contributed by atoms with Crippen LogP contribution in [0.1, 0.15) is 65.4 Å². The van der Waals surface area contributed by atoms with Crippen LogP contribution in [0.15, 0.2) is 109 Å². The lowest BCUT2D eigenvalue weighted by atomic mass is 9.96. The maximum atomic E-state index is 15.2. The van der Waals surface area contributed by atoms with E-state index in [9.17, 15) is 0 Å². The molecular weight excluding hydrogens is 563 g/mol. The number of hydrogen-bond acceptors (Lipinski definition) is 2. The number of benzene rings is 5. The van der Waals surface area contributed by atoms with Crippen LogP contribution in [0.5, 0.6) is 0 Å². The first-order valence-corrected chi connectivity index (χ1v) is 16.3. The summed E-state index contributed by atoms with van der Waals surface area (Å²) in [5.41, 5.74) is 10.6. The molecule has 1 heterocycles. The number of halogens is 1. The molecule has 0 saturated heterocycles. The summed E-state index contributed by atoms with van der Waals surface area (Å²) in [6.45, 7) is 6.28. The molecular formula is C43H39FN2. The standard InChI is InChI=1S/C43H39FN2/c1-4-5-6-7-32-10-16-34(17-11-32)38-21-20-37-25-33(12-18-39(37)26-38)13-19-40-24-31(3)36(27-42(40)44)22-23-43-45-28-41(29-46-43)35-14-8-30(2)9-15-35/h8-12,14-18,20-21,24-29H,4-7,13,19H2,1-3H3. The summed E-state index contributed by atoms with van der Waals surface area (Å²) in [4.78, 5) is 8.81. The second-order valence-electron chi connectivity index (χ2n) is 12.2. The number of hydrogen-bond donors (Lipinski definition) is 0. The fourth-order valence-electron chi connectivity index (χ4n) is 5.83. The molecule has 0 unspecified atom stereocenters. The molecule has 6 aromatic rings. The van der Waals surface area contributed by atoms with Gasteiger partial charge in [0.2, 0.25) is 5.82 Å². The third-order valence-electron chi connectivity index (χ3n) is 8.68. The first-order valence-electron chi connectivity index (χ1n) is 16.3. The van der Waals surface area contributed by atoms with E-state index in [0.717, 1.165) is 29.5 Å². The summed E-state index contributed by atoms with van der Waals surface area (Å²) >= 11 is 0. The summed E-state index contributed by atoms with van der Waals surface area (Å²) in [7, 11) is 0. The van der Waals surface area contributed by atoms with Crippen LogP contribution in [-0.4, -0.2) is 9.97 Å². The van der Waals surface area contributed by atoms with Crippen LogP contribution in [0.3, 0.4) is 0 Å². The summed E-state index contributed by atoms with van der Waals surface area (Å²) < 4.78 is 15.2. The second-order valence-corrected chi connectivity index (χ2v) is 12.2. The van der Waals surface area contributed by atoms with Crippen LogP contribution in [0.4, 0.5) is 4.39 Å². The summed E-state index contributed by atoms with van der Waals surface area (Å²) in [5.74, 6) is 6.26. The normalized spacial score (nSPS) is 11.0. The third-order valence-corrected chi connectivity index (χ3v) is 8.68. The number of aryl methyl sites for hydroxylation is 5. The molecule has 46 heavy (non-hydrogen) atoms. The van der Waals surface area contributed by atoms with Crippen molar-refractivity contribution in [2.75, 3.05) is 0 Å². The third kappa shape index (κ3) is 7.59. The molecule has 0 aliphatic heterocycles. The van der Waals surface area contributed by atoms with Gasteiger partial charge in [0.05, 0.1) is 0 Å². The zero-order valence-electron chi connectivity index (χ0n) is 26.9. The summed E-state index contributed by atoms with van der Waals surface area (Å²) in [5, 5.41) is 2.42. The van der Waals surface area contributed by atoms with Gasteiger partial charge in [-0.15, -0.1) is 0 Å². The maximum Gasteiger partial charge on any atom is 0.205 e. The highest BCUT2D eigenvalue weighted by atomic mass is 19.1. The Balaban J connectivity index is 1.09. The van der Waals surface area contributed by atoms with Crippen molar-refractivity contribution in [3.05, 3.63) is 154 Å². The van der Waals surface area contributed by atoms with Crippen molar-refractivity contribution >= 4 is 10.8 Å². The van der Waals surface area contributed by atoms with Crippen molar-refractivity contribution in [1.82, 2.24) is 9.97 Å². The SMILES string of the molecule is CCCCCc1ccc(-c2ccc3cc(CCc4cc(C)c(C#Cc5ncc(-c6ccc(C)cc6)cn5)cc4F)ccc3c2)cc1. The number of fused-ring (bicyclic) bond motifs is 1. The second kappa shape index (κ2) is 14.4. The lowest BCUT2D eigenvalue weighted by Crippen LogP contribution is -1.98. The minimum atomic E-state index is -0.229. The molecule has 0 bridgehead atoms. The van der Waals surface area contributed by atoms with Gasteiger partial charge < -0.3 is 0 Å². The molecule has 6 rings (SSSR count). The van der Waals surface area contributed by atoms with Crippen molar-refractivity contribution in [3.63, 3.8) is 0 Å². The van der Waals surface area contributed by atoms with E-state index in [1.807, 2.05) is 13.0 Å². The van der Waals surface area contributed by atoms with Gasteiger partial charge in [-0.05, 0) is 107 Å². The molecule has 228 valence electrons. The largest absolute Gasteiger partial charge is 0.229 e. The Labute approximate surface area is 272 Å². The summed E-state index contributed by atoms with van der Waals surface area (Å²) in [6, 6.07) is 33.9. The quantitative estimate of drug-likeness (QED) is 0.122. The van der Waals surface area contributed by atoms with Crippen LogP contribution < -0.4 is 0 Å². The van der Waals surface area contributed by atoms with Crippen LogP contribution in [0.2, 0.25) is 0 Å². The minimum absolute atomic E-state index is 0.229. The minimum Gasteiger partial charge on any atom is -0.229 e. The topological polar surface area (TPSA) is 25.8 Å². The molecule has 0 radical (unpaired) electrons. The van der Waals surface area contributed by atoms with Gasteiger partial charge in [0.15, 0.2) is 0 Å². The Kier molecular flexibility index (Phi) is 9.65. The van der Waals surface area contributed by atoms with E-state index >= 15 is 4.39 Å². The predicted molar refractivity (Wildman–Crippen MR) is 189 cm³/mol. The average Bonchev–Trinajstić information content (AvgIpc) is 3.08. The number of aromatic nitrogens is 2. The molecule has 0 atom stereocenters. The van der Waals surface area contributed by atoms with Gasteiger partial charge in [-0.2, -0.15) is 0 Å². The number of nitrogens with zero attached hydrogens (tertiary/aromatic N) is 2. The molecule has 2 nitrogen and oxygen atoms in total. The van der Waals surface area contributed by atoms with Gasteiger partial charge in [-0.3, -0.25) is 0 Å². The highest BCUT2D eigenvalue weighted by molar-refractivity contribution is 5.88. The Morgan fingerprint density at radius 1 is 0.587 bits per heavy atom. The van der Waals surface area contributed by atoms with Crippen molar-refractivity contribution in [2.24, 2.45) is 0 Å². The fraction of sp³-hybridized carbons (Fsp3) is 0.209. The van der Waals surface area contributed by atoms with E-state index in [1.54, 1.807) is 12.4 Å². The van der Waals surface area contributed by atoms with E-state index < -0.39 is 0 Å². The predicted octanol–water partition coefficient (Wildman–Crippen LogP) is 10.6. The van der Waals surface area contributed by atoms with Crippen LogP contribution in [-0.2, 0) is 19.3 Å². The molecule has 0 N–H and O–H groups in total. The smallest absolute Gasteiger partial charge is 0.205 e. The highest BCUT2D eigenvalue weighted by Gasteiger charge is 2.09. The average molecular weight is 603 g/mol. The van der Waals surface area contributed by atoms with Gasteiger partial charge >= 0.3 is 0 Å². The Morgan fingerprint density at radius 3 is 2.00 bits per heavy atom. The molecule has 0 aliphatic carbocycles. The molecule has 0 amide bonds. The highest BCUT2D eigenvalue weighted by Crippen LogP contribution is 2.27. The zero-order valence-corrected chi connectivity index (χ0v) is 26.9. The van der Waals surface area contributed by atoms with E-state index in [2.05, 4.69) is 121 Å². The van der Waals surface area contributed by atoms with E-state index in [0.29, 0.717) is 23.4 Å². The molecule has 3 heteroatoms. The maximum absolute atomic E-state index is 15.2. The van der Waals surface area contributed by atoms with Crippen molar-refractivity contribution in [1.29, 1.82) is 0 Å². The van der Waals surface area contributed by atoms with Crippen LogP contribution in [0.25, 0.3) is 33.0 Å². The van der Waals surface area contributed by atoms with Gasteiger partial charge in [-0.1, -0.05) is 116 Å². The lowest BCUT2D eigenvalue weighted by Gasteiger charge is -2.09. The molecule has 0 aliphatic rings. The summed E-state index contributed by atoms with van der Waals surface area (Å²) in [6.07, 6.45) is 9.87. The van der Waals surface area contributed by atoms with Gasteiger partial charge in [0.25, 0.3) is 0 Å². The van der Waals surface area contributed by atoms with Crippen molar-refractivity contribution in [2.45, 2.75) is 59.3 Å². The van der Waals surface area contributed by atoms with Crippen molar-refractivity contribution in [3.8, 4) is 34.1 Å². The molecule has 1 aromatic heterocycles. The Hall–Kier alpha value is -5.07. The number of rotatable bonds is 9. The first kappa shape index (κ1) is 30.9. The number of unbranched alkanes of at least 4 members (excludes halogenated alkanes) is 2.